The molecule has 1 aliphatic rings. The van der Waals surface area contributed by atoms with Gasteiger partial charge in [0.2, 0.25) is 0 Å². The zero-order chi connectivity index (χ0) is 9.80. The standard InChI is InChI=1S/C9H15N3S2/c1-7-11-12-9(14-7)13-6-8-4-2-3-5-10-8/h8,10H,2-6H2,1H3/t8-/m0/s1. The van der Waals surface area contributed by atoms with Crippen LogP contribution in [0.25, 0.3) is 0 Å². The highest BCUT2D eigenvalue weighted by Gasteiger charge is 2.13. The van der Waals surface area contributed by atoms with Crippen LogP contribution >= 0.6 is 23.1 Å². The molecule has 1 aromatic heterocycles. The van der Waals surface area contributed by atoms with Crippen LogP contribution in [-0.4, -0.2) is 28.5 Å². The SMILES string of the molecule is Cc1nnc(SC[C@@H]2CCCCN2)s1. The third-order valence-corrected chi connectivity index (χ3v) is 4.46. The molecule has 1 saturated heterocycles. The molecule has 1 atom stereocenters. The molecule has 0 aromatic carbocycles. The average molecular weight is 229 g/mol. The summed E-state index contributed by atoms with van der Waals surface area (Å²) in [6.07, 6.45) is 4.01. The molecule has 1 aromatic rings. The molecule has 1 aliphatic heterocycles. The van der Waals surface area contributed by atoms with Gasteiger partial charge in [-0.1, -0.05) is 29.5 Å². The topological polar surface area (TPSA) is 37.8 Å². The molecule has 1 fully saturated rings. The maximum Gasteiger partial charge on any atom is 0.174 e. The summed E-state index contributed by atoms with van der Waals surface area (Å²) in [5.74, 6) is 1.13. The van der Waals surface area contributed by atoms with Gasteiger partial charge in [0.1, 0.15) is 5.01 Å². The van der Waals surface area contributed by atoms with Gasteiger partial charge in [0.25, 0.3) is 0 Å². The van der Waals surface area contributed by atoms with Crippen molar-refractivity contribution in [1.29, 1.82) is 0 Å². The number of aryl methyl sites for hydroxylation is 1. The van der Waals surface area contributed by atoms with Crippen LogP contribution in [0.3, 0.4) is 0 Å². The molecule has 0 spiro atoms. The van der Waals surface area contributed by atoms with Gasteiger partial charge in [0, 0.05) is 11.8 Å². The van der Waals surface area contributed by atoms with Crippen LogP contribution in [-0.2, 0) is 0 Å². The van der Waals surface area contributed by atoms with Gasteiger partial charge in [-0.2, -0.15) is 0 Å². The van der Waals surface area contributed by atoms with Gasteiger partial charge in [-0.15, -0.1) is 10.2 Å². The van der Waals surface area contributed by atoms with E-state index in [1.54, 1.807) is 11.3 Å². The van der Waals surface area contributed by atoms with E-state index in [-0.39, 0.29) is 0 Å². The number of rotatable bonds is 3. The lowest BCUT2D eigenvalue weighted by atomic mass is 10.1. The fourth-order valence-electron chi connectivity index (χ4n) is 1.57. The fraction of sp³-hybridized carbons (Fsp3) is 0.778. The predicted octanol–water partition coefficient (Wildman–Crippen LogP) is 2.08. The fourth-order valence-corrected chi connectivity index (χ4v) is 3.52. The summed E-state index contributed by atoms with van der Waals surface area (Å²) in [5, 5.41) is 12.7. The third-order valence-electron chi connectivity index (χ3n) is 2.33. The molecule has 0 radical (unpaired) electrons. The number of piperidine rings is 1. The van der Waals surface area contributed by atoms with E-state index in [4.69, 9.17) is 0 Å². The molecule has 14 heavy (non-hydrogen) atoms. The number of nitrogens with zero attached hydrogens (tertiary/aromatic N) is 2. The Morgan fingerprint density at radius 3 is 3.07 bits per heavy atom. The van der Waals surface area contributed by atoms with E-state index in [0.29, 0.717) is 6.04 Å². The monoisotopic (exact) mass is 229 g/mol. The first kappa shape index (κ1) is 10.4. The summed E-state index contributed by atoms with van der Waals surface area (Å²) < 4.78 is 1.11. The Balaban J connectivity index is 1.76. The highest BCUT2D eigenvalue weighted by atomic mass is 32.2. The van der Waals surface area contributed by atoms with Gasteiger partial charge < -0.3 is 5.32 Å². The van der Waals surface area contributed by atoms with Crippen molar-refractivity contribution in [3.63, 3.8) is 0 Å². The summed E-state index contributed by atoms with van der Waals surface area (Å²) in [4.78, 5) is 0. The molecule has 2 rings (SSSR count). The second-order valence-corrected chi connectivity index (χ2v) is 5.99. The number of hydrogen-bond donors (Lipinski definition) is 1. The van der Waals surface area contributed by atoms with E-state index in [1.165, 1.54) is 25.8 Å². The highest BCUT2D eigenvalue weighted by molar-refractivity contribution is 8.01. The molecule has 0 aliphatic carbocycles. The van der Waals surface area contributed by atoms with Gasteiger partial charge >= 0.3 is 0 Å². The molecule has 3 nitrogen and oxygen atoms in total. The Bertz CT molecular complexity index is 281. The van der Waals surface area contributed by atoms with Crippen molar-refractivity contribution in [2.75, 3.05) is 12.3 Å². The van der Waals surface area contributed by atoms with E-state index >= 15 is 0 Å². The molecular formula is C9H15N3S2. The van der Waals surface area contributed by atoms with Crippen LogP contribution in [0.1, 0.15) is 24.3 Å². The van der Waals surface area contributed by atoms with Crippen molar-refractivity contribution in [2.45, 2.75) is 36.6 Å². The lowest BCUT2D eigenvalue weighted by molar-refractivity contribution is 0.430. The van der Waals surface area contributed by atoms with Gasteiger partial charge in [-0.05, 0) is 26.3 Å². The van der Waals surface area contributed by atoms with Crippen LogP contribution < -0.4 is 5.32 Å². The van der Waals surface area contributed by atoms with E-state index < -0.39 is 0 Å². The second kappa shape index (κ2) is 5.09. The molecule has 0 unspecified atom stereocenters. The van der Waals surface area contributed by atoms with Crippen LogP contribution in [0.4, 0.5) is 0 Å². The van der Waals surface area contributed by atoms with Crippen LogP contribution in [0.15, 0.2) is 4.34 Å². The van der Waals surface area contributed by atoms with Crippen molar-refractivity contribution in [2.24, 2.45) is 0 Å². The van der Waals surface area contributed by atoms with Crippen LogP contribution in [0.5, 0.6) is 0 Å². The van der Waals surface area contributed by atoms with Crippen molar-refractivity contribution in [3.05, 3.63) is 5.01 Å². The van der Waals surface area contributed by atoms with Gasteiger partial charge in [0.05, 0.1) is 0 Å². The minimum Gasteiger partial charge on any atom is -0.313 e. The third kappa shape index (κ3) is 2.93. The summed E-state index contributed by atoms with van der Waals surface area (Å²) in [6.45, 7) is 3.18. The van der Waals surface area contributed by atoms with E-state index in [0.717, 1.165) is 15.1 Å². The van der Waals surface area contributed by atoms with E-state index in [2.05, 4.69) is 15.5 Å². The van der Waals surface area contributed by atoms with Crippen molar-refractivity contribution < 1.29 is 0 Å². The maximum absolute atomic E-state index is 4.10. The van der Waals surface area contributed by atoms with Crippen molar-refractivity contribution >= 4 is 23.1 Å². The largest absolute Gasteiger partial charge is 0.313 e. The van der Waals surface area contributed by atoms with Gasteiger partial charge in [0.15, 0.2) is 4.34 Å². The molecule has 1 N–H and O–H groups in total. The van der Waals surface area contributed by atoms with Gasteiger partial charge in [-0.25, -0.2) is 0 Å². The molecule has 0 bridgehead atoms. The molecule has 0 amide bonds. The lowest BCUT2D eigenvalue weighted by Gasteiger charge is -2.22. The van der Waals surface area contributed by atoms with Crippen molar-refractivity contribution in [1.82, 2.24) is 15.5 Å². The lowest BCUT2D eigenvalue weighted by Crippen LogP contribution is -2.35. The maximum atomic E-state index is 4.10. The molecule has 78 valence electrons. The smallest absolute Gasteiger partial charge is 0.174 e. The normalized spacial score (nSPS) is 22.5. The van der Waals surface area contributed by atoms with Gasteiger partial charge in [-0.3, -0.25) is 0 Å². The Morgan fingerprint density at radius 2 is 2.43 bits per heavy atom. The second-order valence-electron chi connectivity index (χ2n) is 3.54. The summed E-state index contributed by atoms with van der Waals surface area (Å²) in [5.41, 5.74) is 0. The minimum absolute atomic E-state index is 0.679. The number of hydrogen-bond acceptors (Lipinski definition) is 5. The number of nitrogens with one attached hydrogen (secondary N) is 1. The Morgan fingerprint density at radius 1 is 1.50 bits per heavy atom. The van der Waals surface area contributed by atoms with Crippen LogP contribution in [0, 0.1) is 6.92 Å². The minimum atomic E-state index is 0.679. The zero-order valence-corrected chi connectivity index (χ0v) is 9.96. The Kier molecular flexibility index (Phi) is 3.78. The quantitative estimate of drug-likeness (QED) is 0.805. The van der Waals surface area contributed by atoms with E-state index in [9.17, 15) is 0 Å². The predicted molar refractivity (Wildman–Crippen MR) is 61.0 cm³/mol. The highest BCUT2D eigenvalue weighted by Crippen LogP contribution is 2.24. The number of aromatic nitrogens is 2. The summed E-state index contributed by atoms with van der Waals surface area (Å²) in [7, 11) is 0. The van der Waals surface area contributed by atoms with Crippen LogP contribution in [0.2, 0.25) is 0 Å². The molecule has 0 saturated carbocycles. The first-order valence-corrected chi connectivity index (χ1v) is 6.81. The first-order valence-electron chi connectivity index (χ1n) is 5.01. The Labute approximate surface area is 92.7 Å². The zero-order valence-electron chi connectivity index (χ0n) is 8.32. The summed E-state index contributed by atoms with van der Waals surface area (Å²) in [6, 6.07) is 0.679. The molecular weight excluding hydrogens is 214 g/mol. The molecule has 5 heteroatoms. The average Bonchev–Trinajstić information content (AvgIpc) is 2.63. The first-order chi connectivity index (χ1) is 6.84. The molecule has 2 heterocycles. The van der Waals surface area contributed by atoms with E-state index in [1.807, 2.05) is 18.7 Å². The summed E-state index contributed by atoms with van der Waals surface area (Å²) >= 11 is 3.52. The number of thioether (sulfide) groups is 1. The van der Waals surface area contributed by atoms with Crippen molar-refractivity contribution in [3.8, 4) is 0 Å². The Hall–Kier alpha value is -0.130.